The molecule has 18 heavy (non-hydrogen) atoms. The van der Waals surface area contributed by atoms with Crippen LogP contribution in [0, 0.1) is 4.77 Å². The smallest absolute Gasteiger partial charge is 0.182 e. The molecule has 5 nitrogen and oxygen atoms in total. The van der Waals surface area contributed by atoms with Crippen molar-refractivity contribution in [3.63, 3.8) is 0 Å². The van der Waals surface area contributed by atoms with Gasteiger partial charge >= 0.3 is 0 Å². The molecule has 0 saturated heterocycles. The molecule has 1 N–H and O–H groups in total. The Kier molecular flexibility index (Phi) is 3.98. The minimum Gasteiger partial charge on any atom is -0.383 e. The lowest BCUT2D eigenvalue weighted by Gasteiger charge is -2.08. The molecule has 0 aliphatic heterocycles. The van der Waals surface area contributed by atoms with Gasteiger partial charge in [-0.3, -0.25) is 9.25 Å². The predicted octanol–water partition coefficient (Wildman–Crippen LogP) is 2.50. The lowest BCUT2D eigenvalue weighted by molar-refractivity contribution is 0.183. The van der Waals surface area contributed by atoms with Gasteiger partial charge in [-0.15, -0.1) is 0 Å². The summed E-state index contributed by atoms with van der Waals surface area (Å²) in [5.74, 6) is 0.403. The van der Waals surface area contributed by atoms with E-state index in [1.807, 2.05) is 27.8 Å². The molecule has 0 aliphatic rings. The molecule has 0 aliphatic carbocycles. The number of nitrogens with one attached hydrogen (secondary N) is 1. The van der Waals surface area contributed by atoms with E-state index < -0.39 is 0 Å². The van der Waals surface area contributed by atoms with Crippen LogP contribution >= 0.6 is 12.2 Å². The summed E-state index contributed by atoms with van der Waals surface area (Å²) in [4.78, 5) is 3.09. The first-order valence-electron chi connectivity index (χ1n) is 5.95. The van der Waals surface area contributed by atoms with Crippen LogP contribution in [0.2, 0.25) is 0 Å². The van der Waals surface area contributed by atoms with E-state index in [9.17, 15) is 0 Å². The fourth-order valence-electron chi connectivity index (χ4n) is 1.85. The Bertz CT molecular complexity index is 567. The van der Waals surface area contributed by atoms with Crippen LogP contribution < -0.4 is 0 Å². The van der Waals surface area contributed by atoms with Crippen LogP contribution in [0.3, 0.4) is 0 Å². The molecule has 0 aromatic carbocycles. The zero-order valence-electron chi connectivity index (χ0n) is 10.9. The third kappa shape index (κ3) is 2.54. The molecule has 2 heterocycles. The number of hydrogen-bond acceptors (Lipinski definition) is 3. The molecule has 2 aromatic rings. The van der Waals surface area contributed by atoms with E-state index in [4.69, 9.17) is 17.0 Å². The topological polar surface area (TPSA) is 47.8 Å². The molecule has 2 rings (SSSR count). The number of aromatic nitrogens is 4. The molecular formula is C12H18N4OS. The monoisotopic (exact) mass is 266 g/mol. The minimum atomic E-state index is 0.403. The summed E-state index contributed by atoms with van der Waals surface area (Å²) in [6.45, 7) is 5.68. The largest absolute Gasteiger partial charge is 0.383 e. The lowest BCUT2D eigenvalue weighted by atomic mass is 10.1. The zero-order valence-corrected chi connectivity index (χ0v) is 11.7. The Hall–Kier alpha value is -1.40. The third-order valence-corrected chi connectivity index (χ3v) is 3.10. The van der Waals surface area contributed by atoms with E-state index >= 15 is 0 Å². The second-order valence-corrected chi connectivity index (χ2v) is 4.85. The summed E-state index contributed by atoms with van der Waals surface area (Å²) in [5.41, 5.74) is 2.15. The molecule has 6 heteroatoms. The molecule has 0 saturated carbocycles. The lowest BCUT2D eigenvalue weighted by Crippen LogP contribution is -2.04. The molecule has 0 fully saturated rings. The molecule has 0 spiro atoms. The molecule has 0 atom stereocenters. The van der Waals surface area contributed by atoms with Crippen LogP contribution in [-0.4, -0.2) is 33.0 Å². The third-order valence-electron chi connectivity index (χ3n) is 2.80. The maximum Gasteiger partial charge on any atom is 0.182 e. The molecule has 0 radical (unpaired) electrons. The van der Waals surface area contributed by atoms with Crippen LogP contribution in [-0.2, 0) is 11.3 Å². The first-order valence-corrected chi connectivity index (χ1v) is 6.36. The van der Waals surface area contributed by atoms with Crippen molar-refractivity contribution in [2.45, 2.75) is 26.3 Å². The number of H-pyrrole nitrogens is 1. The molecular weight excluding hydrogens is 248 g/mol. The van der Waals surface area contributed by atoms with Crippen molar-refractivity contribution in [2.24, 2.45) is 0 Å². The van der Waals surface area contributed by atoms with Gasteiger partial charge < -0.3 is 9.72 Å². The summed E-state index contributed by atoms with van der Waals surface area (Å²) in [6.07, 6.45) is 5.76. The van der Waals surface area contributed by atoms with E-state index in [0.717, 1.165) is 17.9 Å². The van der Waals surface area contributed by atoms with Crippen LogP contribution in [0.1, 0.15) is 25.5 Å². The standard InChI is InChI=1S/C12H18N4OS/c1-9(2)11-7-13-12(18)16(11)10-6-14-15(8-10)4-5-17-3/h6-9H,4-5H2,1-3H3,(H,13,18). The van der Waals surface area contributed by atoms with E-state index in [-0.39, 0.29) is 0 Å². The van der Waals surface area contributed by atoms with Gasteiger partial charge in [-0.25, -0.2) is 0 Å². The highest BCUT2D eigenvalue weighted by Gasteiger charge is 2.11. The number of methoxy groups -OCH3 is 1. The van der Waals surface area contributed by atoms with Crippen LogP contribution in [0.4, 0.5) is 0 Å². The maximum atomic E-state index is 5.32. The normalized spacial score (nSPS) is 11.3. The van der Waals surface area contributed by atoms with Crippen molar-refractivity contribution < 1.29 is 4.74 Å². The molecule has 0 bridgehead atoms. The van der Waals surface area contributed by atoms with E-state index in [1.165, 1.54) is 0 Å². The number of ether oxygens (including phenoxy) is 1. The second-order valence-electron chi connectivity index (χ2n) is 4.46. The fourth-order valence-corrected chi connectivity index (χ4v) is 2.12. The second kappa shape index (κ2) is 5.49. The minimum absolute atomic E-state index is 0.403. The molecule has 0 amide bonds. The van der Waals surface area contributed by atoms with Crippen molar-refractivity contribution >= 4 is 12.2 Å². The molecule has 2 aromatic heterocycles. The van der Waals surface area contributed by atoms with Crippen molar-refractivity contribution in [3.8, 4) is 5.69 Å². The highest BCUT2D eigenvalue weighted by molar-refractivity contribution is 7.71. The van der Waals surface area contributed by atoms with Gasteiger partial charge in [-0.1, -0.05) is 13.8 Å². The molecule has 0 unspecified atom stereocenters. The maximum absolute atomic E-state index is 5.32. The summed E-state index contributed by atoms with van der Waals surface area (Å²) in [6, 6.07) is 0. The van der Waals surface area contributed by atoms with E-state index in [1.54, 1.807) is 7.11 Å². The Morgan fingerprint density at radius 2 is 2.28 bits per heavy atom. The molecule has 98 valence electrons. The van der Waals surface area contributed by atoms with Crippen molar-refractivity contribution in [2.75, 3.05) is 13.7 Å². The fraction of sp³-hybridized carbons (Fsp3) is 0.500. The predicted molar refractivity (Wildman–Crippen MR) is 72.7 cm³/mol. The van der Waals surface area contributed by atoms with Gasteiger partial charge in [0.05, 0.1) is 25.0 Å². The van der Waals surface area contributed by atoms with Crippen molar-refractivity contribution in [3.05, 3.63) is 29.1 Å². The van der Waals surface area contributed by atoms with Crippen LogP contribution in [0.15, 0.2) is 18.6 Å². The zero-order chi connectivity index (χ0) is 13.1. The summed E-state index contributed by atoms with van der Waals surface area (Å²) in [7, 11) is 1.68. The first-order chi connectivity index (χ1) is 8.63. The van der Waals surface area contributed by atoms with E-state index in [2.05, 4.69) is 23.9 Å². The summed E-state index contributed by atoms with van der Waals surface area (Å²) in [5, 5.41) is 4.31. The van der Waals surface area contributed by atoms with Crippen LogP contribution in [0.25, 0.3) is 5.69 Å². The average Bonchev–Trinajstić information content (AvgIpc) is 2.92. The Morgan fingerprint density at radius 1 is 1.50 bits per heavy atom. The summed E-state index contributed by atoms with van der Waals surface area (Å²) < 4.78 is 9.62. The van der Waals surface area contributed by atoms with Gasteiger partial charge in [0.1, 0.15) is 0 Å². The average molecular weight is 266 g/mol. The highest BCUT2D eigenvalue weighted by atomic mass is 32.1. The van der Waals surface area contributed by atoms with Gasteiger partial charge in [-0.05, 0) is 18.1 Å². The van der Waals surface area contributed by atoms with Crippen LogP contribution in [0.5, 0.6) is 0 Å². The Labute approximate surface area is 111 Å². The quantitative estimate of drug-likeness (QED) is 0.846. The number of imidazole rings is 1. The Balaban J connectivity index is 2.34. The van der Waals surface area contributed by atoms with E-state index in [0.29, 0.717) is 17.3 Å². The highest BCUT2D eigenvalue weighted by Crippen LogP contribution is 2.19. The number of hydrogen-bond donors (Lipinski definition) is 1. The SMILES string of the molecule is COCCn1cc(-n2c(C(C)C)c[nH]c2=S)cn1. The Morgan fingerprint density at radius 3 is 2.94 bits per heavy atom. The van der Waals surface area contributed by atoms with Crippen molar-refractivity contribution in [1.29, 1.82) is 0 Å². The van der Waals surface area contributed by atoms with Crippen molar-refractivity contribution in [1.82, 2.24) is 19.3 Å². The van der Waals surface area contributed by atoms with Gasteiger partial charge in [-0.2, -0.15) is 5.10 Å². The number of nitrogens with zero attached hydrogens (tertiary/aromatic N) is 3. The first kappa shape index (κ1) is 13.0. The number of rotatable bonds is 5. The van der Waals surface area contributed by atoms with Gasteiger partial charge in [0.15, 0.2) is 4.77 Å². The van der Waals surface area contributed by atoms with Gasteiger partial charge in [0, 0.05) is 25.2 Å². The van der Waals surface area contributed by atoms with Gasteiger partial charge in [0.25, 0.3) is 0 Å². The summed E-state index contributed by atoms with van der Waals surface area (Å²) >= 11 is 5.32. The number of aromatic amines is 1. The van der Waals surface area contributed by atoms with Gasteiger partial charge in [0.2, 0.25) is 0 Å².